The molecule has 0 fully saturated rings. The van der Waals surface area contributed by atoms with Crippen LogP contribution >= 0.6 is 0 Å². The minimum Gasteiger partial charge on any atom is -0.504 e. The molecule has 34 heavy (non-hydrogen) atoms. The van der Waals surface area contributed by atoms with E-state index < -0.39 is 18.1 Å². The molecule has 3 aromatic carbocycles. The molecule has 4 rings (SSSR count). The third-order valence-electron chi connectivity index (χ3n) is 5.98. The summed E-state index contributed by atoms with van der Waals surface area (Å²) >= 11 is 0. The number of nitrogens with one attached hydrogen (secondary N) is 1. The van der Waals surface area contributed by atoms with Gasteiger partial charge < -0.3 is 29.7 Å². The Morgan fingerprint density at radius 1 is 0.912 bits per heavy atom. The first-order chi connectivity index (χ1) is 16.4. The molecule has 1 aliphatic rings. The highest BCUT2D eigenvalue weighted by Crippen LogP contribution is 2.44. The molecule has 176 valence electrons. The molecule has 8 heteroatoms. The molecular weight excluding hydrogens is 438 g/mol. The summed E-state index contributed by atoms with van der Waals surface area (Å²) in [5.41, 5.74) is 4.50. The Morgan fingerprint density at radius 2 is 1.47 bits per heavy atom. The fourth-order valence-electron chi connectivity index (χ4n) is 4.34. The van der Waals surface area contributed by atoms with Crippen LogP contribution in [0, 0.1) is 0 Å². The third-order valence-corrected chi connectivity index (χ3v) is 5.98. The van der Waals surface area contributed by atoms with Gasteiger partial charge in [-0.25, -0.2) is 9.59 Å². The van der Waals surface area contributed by atoms with E-state index in [1.807, 2.05) is 48.5 Å². The second kappa shape index (κ2) is 9.74. The topological polar surface area (TPSA) is 114 Å². The molecule has 0 bridgehead atoms. The highest BCUT2D eigenvalue weighted by molar-refractivity contribution is 5.81. The molecule has 0 heterocycles. The summed E-state index contributed by atoms with van der Waals surface area (Å²) in [7, 11) is 2.79. The minimum absolute atomic E-state index is 0.0555. The van der Waals surface area contributed by atoms with E-state index >= 15 is 0 Å². The number of carboxylic acids is 1. The number of aromatic hydroxyl groups is 1. The summed E-state index contributed by atoms with van der Waals surface area (Å²) in [5.74, 6) is -1.23. The Bertz CT molecular complexity index is 1180. The number of carbonyl (C=O) groups excluding carboxylic acids is 1. The monoisotopic (exact) mass is 463 g/mol. The second-order valence-electron chi connectivity index (χ2n) is 7.86. The summed E-state index contributed by atoms with van der Waals surface area (Å²) in [6.07, 6.45) is -1.10. The van der Waals surface area contributed by atoms with Crippen molar-refractivity contribution in [1.29, 1.82) is 0 Å². The van der Waals surface area contributed by atoms with E-state index in [4.69, 9.17) is 14.2 Å². The van der Waals surface area contributed by atoms with Crippen LogP contribution in [-0.4, -0.2) is 49.1 Å². The smallest absolute Gasteiger partial charge is 0.407 e. The highest BCUT2D eigenvalue weighted by Gasteiger charge is 2.30. The number of fused-ring (bicyclic) bond motifs is 3. The lowest BCUT2D eigenvalue weighted by atomic mass is 9.98. The Balaban J connectivity index is 1.48. The summed E-state index contributed by atoms with van der Waals surface area (Å²) in [4.78, 5) is 24.4. The van der Waals surface area contributed by atoms with Crippen molar-refractivity contribution in [1.82, 2.24) is 5.32 Å². The van der Waals surface area contributed by atoms with Crippen molar-refractivity contribution < 1.29 is 34.0 Å². The second-order valence-corrected chi connectivity index (χ2v) is 7.86. The van der Waals surface area contributed by atoms with Crippen LogP contribution in [0.2, 0.25) is 0 Å². The summed E-state index contributed by atoms with van der Waals surface area (Å²) in [6.45, 7) is 0.0555. The SMILES string of the molecule is COc1ccc(OC)c(CC(NC(=O)OCC2c3ccccc3-c3ccccc32)C(=O)O)c1O. The molecule has 0 aromatic heterocycles. The predicted molar refractivity (Wildman–Crippen MR) is 125 cm³/mol. The maximum Gasteiger partial charge on any atom is 0.407 e. The summed E-state index contributed by atoms with van der Waals surface area (Å²) in [6, 6.07) is 17.6. The van der Waals surface area contributed by atoms with E-state index in [0.29, 0.717) is 0 Å². The van der Waals surface area contributed by atoms with Crippen LogP contribution in [0.5, 0.6) is 17.2 Å². The zero-order valence-electron chi connectivity index (χ0n) is 18.8. The molecule has 3 aromatic rings. The van der Waals surface area contributed by atoms with Gasteiger partial charge in [-0.2, -0.15) is 0 Å². The van der Waals surface area contributed by atoms with Gasteiger partial charge >= 0.3 is 12.1 Å². The van der Waals surface area contributed by atoms with Crippen LogP contribution in [0.25, 0.3) is 11.1 Å². The molecule has 0 aliphatic heterocycles. The first kappa shape index (κ1) is 23.0. The van der Waals surface area contributed by atoms with Crippen molar-refractivity contribution in [3.8, 4) is 28.4 Å². The number of hydrogen-bond acceptors (Lipinski definition) is 6. The molecule has 0 saturated carbocycles. The van der Waals surface area contributed by atoms with Crippen molar-refractivity contribution in [2.75, 3.05) is 20.8 Å². The number of alkyl carbamates (subject to hydrolysis) is 1. The van der Waals surface area contributed by atoms with Crippen LogP contribution in [0.4, 0.5) is 4.79 Å². The summed E-state index contributed by atoms with van der Waals surface area (Å²) in [5, 5.41) is 22.5. The van der Waals surface area contributed by atoms with Crippen LogP contribution in [-0.2, 0) is 16.0 Å². The van der Waals surface area contributed by atoms with Crippen molar-refractivity contribution in [3.05, 3.63) is 77.4 Å². The van der Waals surface area contributed by atoms with E-state index in [2.05, 4.69) is 5.32 Å². The number of phenols is 1. The molecule has 1 aliphatic carbocycles. The van der Waals surface area contributed by atoms with Gasteiger partial charge in [0.05, 0.1) is 14.2 Å². The zero-order valence-corrected chi connectivity index (χ0v) is 18.8. The van der Waals surface area contributed by atoms with Gasteiger partial charge in [-0.3, -0.25) is 0 Å². The maximum absolute atomic E-state index is 12.6. The average Bonchev–Trinajstić information content (AvgIpc) is 3.17. The van der Waals surface area contributed by atoms with Gasteiger partial charge in [0, 0.05) is 17.9 Å². The zero-order chi connectivity index (χ0) is 24.2. The number of phenolic OH excluding ortho intramolecular Hbond substituents is 1. The minimum atomic E-state index is -1.36. The van der Waals surface area contributed by atoms with E-state index in [1.54, 1.807) is 6.07 Å². The Labute approximate surface area is 196 Å². The highest BCUT2D eigenvalue weighted by atomic mass is 16.5. The number of methoxy groups -OCH3 is 2. The molecule has 0 saturated heterocycles. The standard InChI is InChI=1S/C26H25NO7/c1-32-22-11-12-23(33-2)24(28)19(22)13-21(25(29)30)27-26(31)34-14-20-17-9-5-3-7-15(17)16-8-4-6-10-18(16)20/h3-12,20-21,28H,13-14H2,1-2H3,(H,27,31)(H,29,30). The van der Waals surface area contributed by atoms with Gasteiger partial charge in [0.2, 0.25) is 0 Å². The molecule has 0 spiro atoms. The molecule has 0 radical (unpaired) electrons. The van der Waals surface area contributed by atoms with Crippen LogP contribution < -0.4 is 14.8 Å². The number of aliphatic carboxylic acids is 1. The van der Waals surface area contributed by atoms with Gasteiger partial charge in [0.1, 0.15) is 18.4 Å². The lowest BCUT2D eigenvalue weighted by Gasteiger charge is -2.19. The predicted octanol–water partition coefficient (Wildman–Crippen LogP) is 3.94. The largest absolute Gasteiger partial charge is 0.504 e. The fourth-order valence-corrected chi connectivity index (χ4v) is 4.34. The van der Waals surface area contributed by atoms with Crippen molar-refractivity contribution in [2.24, 2.45) is 0 Å². The van der Waals surface area contributed by atoms with Crippen molar-refractivity contribution in [3.63, 3.8) is 0 Å². The number of hydrogen-bond donors (Lipinski definition) is 3. The average molecular weight is 463 g/mol. The van der Waals surface area contributed by atoms with Gasteiger partial charge in [-0.15, -0.1) is 0 Å². The van der Waals surface area contributed by atoms with E-state index in [9.17, 15) is 19.8 Å². The Morgan fingerprint density at radius 3 is 2.03 bits per heavy atom. The van der Waals surface area contributed by atoms with E-state index in [1.165, 1.54) is 20.3 Å². The van der Waals surface area contributed by atoms with Crippen LogP contribution in [0.3, 0.4) is 0 Å². The number of carboxylic acid groups (broad SMARTS) is 1. The summed E-state index contributed by atoms with van der Waals surface area (Å²) < 4.78 is 15.8. The lowest BCUT2D eigenvalue weighted by Crippen LogP contribution is -2.43. The third kappa shape index (κ3) is 4.34. The molecule has 3 N–H and O–H groups in total. The van der Waals surface area contributed by atoms with Crippen LogP contribution in [0.15, 0.2) is 60.7 Å². The Kier molecular flexibility index (Phi) is 6.58. The van der Waals surface area contributed by atoms with Crippen molar-refractivity contribution in [2.45, 2.75) is 18.4 Å². The number of amides is 1. The van der Waals surface area contributed by atoms with Crippen LogP contribution in [0.1, 0.15) is 22.6 Å². The number of ether oxygens (including phenoxy) is 3. The molecule has 1 unspecified atom stereocenters. The number of carbonyl (C=O) groups is 2. The first-order valence-electron chi connectivity index (χ1n) is 10.7. The fraction of sp³-hybridized carbons (Fsp3) is 0.231. The molecule has 1 amide bonds. The molecule has 8 nitrogen and oxygen atoms in total. The van der Waals surface area contributed by atoms with Gasteiger partial charge in [-0.05, 0) is 34.4 Å². The number of benzene rings is 3. The van der Waals surface area contributed by atoms with E-state index in [0.717, 1.165) is 22.3 Å². The lowest BCUT2D eigenvalue weighted by molar-refractivity contribution is -0.139. The van der Waals surface area contributed by atoms with Gasteiger partial charge in [0.25, 0.3) is 0 Å². The quantitative estimate of drug-likeness (QED) is 0.464. The number of rotatable bonds is 8. The van der Waals surface area contributed by atoms with E-state index in [-0.39, 0.29) is 41.8 Å². The normalized spacial score (nSPS) is 12.9. The van der Waals surface area contributed by atoms with Crippen molar-refractivity contribution >= 4 is 12.1 Å². The maximum atomic E-state index is 12.6. The molecular formula is C26H25NO7. The van der Waals surface area contributed by atoms with Gasteiger partial charge in [0.15, 0.2) is 11.5 Å². The molecule has 1 atom stereocenters. The van der Waals surface area contributed by atoms with Gasteiger partial charge in [-0.1, -0.05) is 48.5 Å². The Hall–Kier alpha value is -4.20. The first-order valence-corrected chi connectivity index (χ1v) is 10.7.